The van der Waals surface area contributed by atoms with Gasteiger partial charge in [-0.3, -0.25) is 14.9 Å². The van der Waals surface area contributed by atoms with Gasteiger partial charge in [-0.1, -0.05) is 76.6 Å². The number of hydrogen-bond acceptors (Lipinski definition) is 6. The number of nitrogens with one attached hydrogen (secondary N) is 1. The van der Waals surface area contributed by atoms with E-state index in [1.54, 1.807) is 31.2 Å². The number of carbonyl (C=O) groups excluding carboxylic acids is 2. The van der Waals surface area contributed by atoms with E-state index < -0.39 is 5.91 Å². The zero-order chi connectivity index (χ0) is 21.3. The van der Waals surface area contributed by atoms with Gasteiger partial charge < -0.3 is 4.52 Å². The van der Waals surface area contributed by atoms with Gasteiger partial charge in [-0.25, -0.2) is 4.98 Å². The highest BCUT2D eigenvalue weighted by Gasteiger charge is 2.25. The van der Waals surface area contributed by atoms with Crippen LogP contribution in [0, 0.1) is 6.92 Å². The number of hydrogen-bond donors (Lipinski definition) is 1. The molecule has 0 aliphatic rings. The lowest BCUT2D eigenvalue weighted by molar-refractivity contribution is 0.101. The van der Waals surface area contributed by atoms with Crippen molar-refractivity contribution in [2.75, 3.05) is 5.32 Å². The summed E-state index contributed by atoms with van der Waals surface area (Å²) >= 11 is 7.40. The minimum absolute atomic E-state index is 0.121. The maximum absolute atomic E-state index is 13.1. The fraction of sp³-hybridized carbons (Fsp3) is 0.0909. The molecule has 2 aromatic carbocycles. The molecule has 0 aliphatic heterocycles. The molecule has 1 amide bonds. The van der Waals surface area contributed by atoms with Crippen molar-refractivity contribution in [1.29, 1.82) is 0 Å². The second-order valence-corrected chi connectivity index (χ2v) is 7.92. The number of benzene rings is 2. The SMILES string of the molecule is CC(=O)c1sc(NC(=O)c2c(-c3ccccc3Cl)noc2C)nc1-c1ccccc1. The van der Waals surface area contributed by atoms with E-state index in [1.165, 1.54) is 6.92 Å². The molecule has 6 nitrogen and oxygen atoms in total. The van der Waals surface area contributed by atoms with Crippen LogP contribution in [0.2, 0.25) is 5.02 Å². The van der Waals surface area contributed by atoms with Crippen LogP contribution in [0.25, 0.3) is 22.5 Å². The molecule has 0 unspecified atom stereocenters. The van der Waals surface area contributed by atoms with Crippen LogP contribution >= 0.6 is 22.9 Å². The summed E-state index contributed by atoms with van der Waals surface area (Å²) < 4.78 is 5.26. The number of amides is 1. The predicted molar refractivity (Wildman–Crippen MR) is 117 cm³/mol. The maximum Gasteiger partial charge on any atom is 0.263 e. The van der Waals surface area contributed by atoms with Crippen molar-refractivity contribution in [3.8, 4) is 22.5 Å². The molecule has 2 aromatic heterocycles. The van der Waals surface area contributed by atoms with Crippen LogP contribution < -0.4 is 5.32 Å². The van der Waals surface area contributed by atoms with Crippen LogP contribution in [0.3, 0.4) is 0 Å². The van der Waals surface area contributed by atoms with Gasteiger partial charge in [0.2, 0.25) is 0 Å². The predicted octanol–water partition coefficient (Wildman–Crippen LogP) is 5.88. The Labute approximate surface area is 181 Å². The average molecular weight is 438 g/mol. The summed E-state index contributed by atoms with van der Waals surface area (Å²) in [6.45, 7) is 3.13. The molecule has 30 heavy (non-hydrogen) atoms. The lowest BCUT2D eigenvalue weighted by Crippen LogP contribution is -2.13. The van der Waals surface area contributed by atoms with Crippen molar-refractivity contribution in [1.82, 2.24) is 10.1 Å². The summed E-state index contributed by atoms with van der Waals surface area (Å²) in [5.74, 6) is -0.203. The van der Waals surface area contributed by atoms with Crippen LogP contribution in [-0.2, 0) is 0 Å². The quantitative estimate of drug-likeness (QED) is 0.394. The number of ketones is 1. The summed E-state index contributed by atoms with van der Waals surface area (Å²) in [6, 6.07) is 16.4. The first-order valence-corrected chi connectivity index (χ1v) is 10.2. The fourth-order valence-electron chi connectivity index (χ4n) is 3.04. The number of rotatable bonds is 5. The lowest BCUT2D eigenvalue weighted by Gasteiger charge is -2.04. The summed E-state index contributed by atoms with van der Waals surface area (Å²) in [7, 11) is 0. The lowest BCUT2D eigenvalue weighted by atomic mass is 10.1. The molecule has 0 aliphatic carbocycles. The molecule has 0 bridgehead atoms. The van der Waals surface area contributed by atoms with Crippen molar-refractivity contribution in [3.05, 3.63) is 75.8 Å². The highest BCUT2D eigenvalue weighted by atomic mass is 35.5. The zero-order valence-electron chi connectivity index (χ0n) is 16.1. The van der Waals surface area contributed by atoms with Crippen LogP contribution in [-0.4, -0.2) is 21.8 Å². The van der Waals surface area contributed by atoms with E-state index in [9.17, 15) is 9.59 Å². The first kappa shape index (κ1) is 20.0. The van der Waals surface area contributed by atoms with Gasteiger partial charge >= 0.3 is 0 Å². The van der Waals surface area contributed by atoms with Gasteiger partial charge in [-0.2, -0.15) is 0 Å². The number of carbonyl (C=O) groups is 2. The van der Waals surface area contributed by atoms with E-state index in [0.717, 1.165) is 16.9 Å². The Morgan fingerprint density at radius 1 is 1.03 bits per heavy atom. The minimum atomic E-state index is -0.438. The topological polar surface area (TPSA) is 85.1 Å². The third-order valence-corrected chi connectivity index (χ3v) is 5.83. The first-order chi connectivity index (χ1) is 14.5. The van der Waals surface area contributed by atoms with Gasteiger partial charge in [0.1, 0.15) is 17.0 Å². The van der Waals surface area contributed by atoms with E-state index >= 15 is 0 Å². The largest absolute Gasteiger partial charge is 0.360 e. The second-order valence-electron chi connectivity index (χ2n) is 6.52. The van der Waals surface area contributed by atoms with Crippen LogP contribution in [0.15, 0.2) is 59.1 Å². The Morgan fingerprint density at radius 3 is 2.43 bits per heavy atom. The van der Waals surface area contributed by atoms with Gasteiger partial charge in [-0.15, -0.1) is 0 Å². The van der Waals surface area contributed by atoms with Crippen LogP contribution in [0.4, 0.5) is 5.13 Å². The number of anilines is 1. The van der Waals surface area contributed by atoms with Gasteiger partial charge in [-0.05, 0) is 13.0 Å². The Kier molecular flexibility index (Phi) is 5.48. The number of halogens is 1. The van der Waals surface area contributed by atoms with Crippen molar-refractivity contribution in [3.63, 3.8) is 0 Å². The van der Waals surface area contributed by atoms with Gasteiger partial charge in [0.15, 0.2) is 10.9 Å². The van der Waals surface area contributed by atoms with Crippen LogP contribution in [0.5, 0.6) is 0 Å². The zero-order valence-corrected chi connectivity index (χ0v) is 17.7. The van der Waals surface area contributed by atoms with Gasteiger partial charge in [0.05, 0.1) is 15.6 Å². The van der Waals surface area contributed by atoms with E-state index in [1.807, 2.05) is 30.3 Å². The summed E-state index contributed by atoms with van der Waals surface area (Å²) in [6.07, 6.45) is 0. The maximum atomic E-state index is 13.1. The molecule has 8 heteroatoms. The third kappa shape index (κ3) is 3.77. The Hall–Kier alpha value is -3.29. The number of aryl methyl sites for hydroxylation is 1. The Morgan fingerprint density at radius 2 is 1.73 bits per heavy atom. The Bertz CT molecular complexity index is 1250. The normalized spacial score (nSPS) is 10.8. The molecule has 0 fully saturated rings. The van der Waals surface area contributed by atoms with Crippen LogP contribution in [0.1, 0.15) is 32.7 Å². The Balaban J connectivity index is 1.70. The molecule has 0 spiro atoms. The molecular weight excluding hydrogens is 422 g/mol. The molecular formula is C22H16ClN3O3S. The first-order valence-electron chi connectivity index (χ1n) is 9.05. The average Bonchev–Trinajstić information content (AvgIpc) is 3.33. The minimum Gasteiger partial charge on any atom is -0.360 e. The number of nitrogens with zero attached hydrogens (tertiary/aromatic N) is 2. The summed E-state index contributed by atoms with van der Waals surface area (Å²) in [5.41, 5.74) is 2.55. The molecule has 0 saturated heterocycles. The highest BCUT2D eigenvalue weighted by molar-refractivity contribution is 7.18. The van der Waals surface area contributed by atoms with E-state index in [-0.39, 0.29) is 11.3 Å². The van der Waals surface area contributed by atoms with Crippen molar-refractivity contribution in [2.45, 2.75) is 13.8 Å². The molecule has 0 saturated carbocycles. The highest BCUT2D eigenvalue weighted by Crippen LogP contribution is 2.34. The van der Waals surface area contributed by atoms with E-state index in [0.29, 0.717) is 37.7 Å². The third-order valence-electron chi connectivity index (χ3n) is 4.43. The van der Waals surface area contributed by atoms with E-state index in [2.05, 4.69) is 15.5 Å². The molecule has 4 rings (SSSR count). The van der Waals surface area contributed by atoms with Crippen molar-refractivity contribution >= 4 is 39.8 Å². The van der Waals surface area contributed by atoms with E-state index in [4.69, 9.17) is 16.1 Å². The van der Waals surface area contributed by atoms with Crippen molar-refractivity contribution in [2.24, 2.45) is 0 Å². The number of Topliss-reactive ketones (excluding diaryl/α,β-unsaturated/α-hetero) is 1. The summed E-state index contributed by atoms with van der Waals surface area (Å²) in [4.78, 5) is 30.1. The fourth-order valence-corrected chi connectivity index (χ4v) is 4.14. The molecule has 1 N–H and O–H groups in total. The standard InChI is InChI=1S/C22H16ClN3O3S/c1-12(27)20-18(14-8-4-3-5-9-14)24-22(30-20)25-21(28)17-13(2)29-26-19(17)15-10-6-7-11-16(15)23/h3-11H,1-2H3,(H,24,25,28). The molecule has 0 atom stereocenters. The monoisotopic (exact) mass is 437 g/mol. The van der Waals surface area contributed by atoms with Gasteiger partial charge in [0.25, 0.3) is 5.91 Å². The molecule has 4 aromatic rings. The summed E-state index contributed by atoms with van der Waals surface area (Å²) in [5, 5.41) is 7.56. The number of aromatic nitrogens is 2. The van der Waals surface area contributed by atoms with Crippen molar-refractivity contribution < 1.29 is 14.1 Å². The second kappa shape index (κ2) is 8.22. The molecule has 0 radical (unpaired) electrons. The number of thiazole rings is 1. The molecule has 2 heterocycles. The smallest absolute Gasteiger partial charge is 0.263 e. The molecule has 150 valence electrons. The van der Waals surface area contributed by atoms with Gasteiger partial charge in [0, 0.05) is 18.1 Å².